The third-order valence-electron chi connectivity index (χ3n) is 3.85. The maximum absolute atomic E-state index is 11.3. The lowest BCUT2D eigenvalue weighted by molar-refractivity contribution is 0.117. The highest BCUT2D eigenvalue weighted by Gasteiger charge is 2.30. The average molecular weight is 230 g/mol. The van der Waals surface area contributed by atoms with Gasteiger partial charge in [-0.1, -0.05) is 12.8 Å². The Labute approximate surface area is 94.9 Å². The number of nitrogens with zero attached hydrogens (tertiary/aromatic N) is 1. The largest absolute Gasteiger partial charge is 0.330 e. The van der Waals surface area contributed by atoms with Gasteiger partial charge in [0.25, 0.3) is 0 Å². The summed E-state index contributed by atoms with van der Waals surface area (Å²) in [5.41, 5.74) is 5.84. The van der Waals surface area contributed by atoms with Crippen LogP contribution in [0.15, 0.2) is 0 Å². The van der Waals surface area contributed by atoms with Gasteiger partial charge in [0.15, 0.2) is 0 Å². The van der Waals surface area contributed by atoms with Gasteiger partial charge in [-0.2, -0.15) is 0 Å². The molecule has 2 unspecified atom stereocenters. The molecule has 0 amide bonds. The van der Waals surface area contributed by atoms with Crippen LogP contribution in [0.5, 0.6) is 0 Å². The molecule has 0 radical (unpaired) electrons. The Morgan fingerprint density at radius 1 is 1.20 bits per heavy atom. The standard InChI is InChI=1S/C11H22N2OS/c12-9-10-3-1-2-4-11(10)13-5-7-15(14)8-6-13/h10-11H,1-9,12H2. The Morgan fingerprint density at radius 3 is 2.53 bits per heavy atom. The maximum Gasteiger partial charge on any atom is 0.0363 e. The average Bonchev–Trinajstić information content (AvgIpc) is 2.30. The highest BCUT2D eigenvalue weighted by molar-refractivity contribution is 7.85. The van der Waals surface area contributed by atoms with Crippen molar-refractivity contribution in [3.63, 3.8) is 0 Å². The maximum atomic E-state index is 11.3. The number of rotatable bonds is 2. The number of hydrogen-bond acceptors (Lipinski definition) is 3. The molecule has 1 saturated heterocycles. The minimum Gasteiger partial charge on any atom is -0.330 e. The van der Waals surface area contributed by atoms with Crippen LogP contribution in [0.3, 0.4) is 0 Å². The van der Waals surface area contributed by atoms with Crippen LogP contribution >= 0.6 is 0 Å². The van der Waals surface area contributed by atoms with Crippen LogP contribution in [0.4, 0.5) is 0 Å². The van der Waals surface area contributed by atoms with Gasteiger partial charge in [0.05, 0.1) is 0 Å². The fourth-order valence-electron chi connectivity index (χ4n) is 2.93. The van der Waals surface area contributed by atoms with Gasteiger partial charge < -0.3 is 5.73 Å². The molecule has 2 atom stereocenters. The third kappa shape index (κ3) is 2.80. The van der Waals surface area contributed by atoms with E-state index in [2.05, 4.69) is 4.90 Å². The first kappa shape index (κ1) is 11.6. The van der Waals surface area contributed by atoms with Gasteiger partial charge in [-0.25, -0.2) is 0 Å². The summed E-state index contributed by atoms with van der Waals surface area (Å²) in [5.74, 6) is 2.42. The molecule has 1 heterocycles. The molecule has 3 nitrogen and oxygen atoms in total. The molecule has 1 saturated carbocycles. The fourth-order valence-corrected chi connectivity index (χ4v) is 4.01. The fraction of sp³-hybridized carbons (Fsp3) is 1.00. The first-order chi connectivity index (χ1) is 7.31. The van der Waals surface area contributed by atoms with Crippen molar-refractivity contribution in [3.8, 4) is 0 Å². The van der Waals surface area contributed by atoms with Crippen molar-refractivity contribution in [1.29, 1.82) is 0 Å². The molecule has 0 bridgehead atoms. The highest BCUT2D eigenvalue weighted by atomic mass is 32.2. The molecule has 4 heteroatoms. The first-order valence-electron chi connectivity index (χ1n) is 6.10. The summed E-state index contributed by atoms with van der Waals surface area (Å²) in [4.78, 5) is 2.54. The zero-order chi connectivity index (χ0) is 10.7. The van der Waals surface area contributed by atoms with E-state index in [0.717, 1.165) is 31.1 Å². The smallest absolute Gasteiger partial charge is 0.0363 e. The van der Waals surface area contributed by atoms with Gasteiger partial charge in [-0.05, 0) is 25.3 Å². The molecule has 88 valence electrons. The van der Waals surface area contributed by atoms with Gasteiger partial charge in [-0.15, -0.1) is 0 Å². The van der Waals surface area contributed by atoms with Gasteiger partial charge in [0.2, 0.25) is 0 Å². The molecule has 2 fully saturated rings. The second-order valence-electron chi connectivity index (χ2n) is 4.73. The van der Waals surface area contributed by atoms with Crippen LogP contribution in [0, 0.1) is 5.92 Å². The van der Waals surface area contributed by atoms with E-state index >= 15 is 0 Å². The second kappa shape index (κ2) is 5.41. The Balaban J connectivity index is 1.92. The Morgan fingerprint density at radius 2 is 1.87 bits per heavy atom. The van der Waals surface area contributed by atoms with E-state index in [-0.39, 0.29) is 0 Å². The molecule has 0 aromatic carbocycles. The van der Waals surface area contributed by atoms with Crippen LogP contribution in [0.25, 0.3) is 0 Å². The topological polar surface area (TPSA) is 46.3 Å². The quantitative estimate of drug-likeness (QED) is 0.754. The Kier molecular flexibility index (Phi) is 4.17. The minimum atomic E-state index is -0.551. The second-order valence-corrected chi connectivity index (χ2v) is 6.43. The SMILES string of the molecule is NCC1CCCCC1N1CCS(=O)CC1. The van der Waals surface area contributed by atoms with Crippen molar-refractivity contribution >= 4 is 10.8 Å². The molecule has 2 rings (SSSR count). The molecule has 2 aliphatic rings. The van der Waals surface area contributed by atoms with Crippen molar-refractivity contribution in [3.05, 3.63) is 0 Å². The van der Waals surface area contributed by atoms with E-state index in [1.54, 1.807) is 0 Å². The van der Waals surface area contributed by atoms with Crippen LogP contribution in [-0.4, -0.2) is 46.3 Å². The van der Waals surface area contributed by atoms with E-state index < -0.39 is 10.8 Å². The van der Waals surface area contributed by atoms with E-state index in [0.29, 0.717) is 12.0 Å². The van der Waals surface area contributed by atoms with Crippen LogP contribution < -0.4 is 5.73 Å². The monoisotopic (exact) mass is 230 g/mol. The van der Waals surface area contributed by atoms with Crippen molar-refractivity contribution in [2.75, 3.05) is 31.1 Å². The van der Waals surface area contributed by atoms with Crippen molar-refractivity contribution in [2.24, 2.45) is 11.7 Å². The van der Waals surface area contributed by atoms with Crippen LogP contribution in [-0.2, 0) is 10.8 Å². The Bertz CT molecular complexity index is 225. The van der Waals surface area contributed by atoms with E-state index in [1.165, 1.54) is 25.7 Å². The van der Waals surface area contributed by atoms with E-state index in [1.807, 2.05) is 0 Å². The lowest BCUT2D eigenvalue weighted by Crippen LogP contribution is -2.50. The van der Waals surface area contributed by atoms with Crippen molar-refractivity contribution in [2.45, 2.75) is 31.7 Å². The zero-order valence-corrected chi connectivity index (χ0v) is 10.2. The summed E-state index contributed by atoms with van der Waals surface area (Å²) in [7, 11) is -0.551. The molecule has 2 N–H and O–H groups in total. The molecule has 1 aliphatic carbocycles. The summed E-state index contributed by atoms with van der Waals surface area (Å²) >= 11 is 0. The lowest BCUT2D eigenvalue weighted by Gasteiger charge is -2.41. The predicted octanol–water partition coefficient (Wildman–Crippen LogP) is 0.568. The number of nitrogens with two attached hydrogens (primary N) is 1. The molecular formula is C11H22N2OS. The molecule has 1 aliphatic heterocycles. The van der Waals surface area contributed by atoms with Gasteiger partial charge in [-0.3, -0.25) is 9.11 Å². The molecule has 0 spiro atoms. The first-order valence-corrected chi connectivity index (χ1v) is 7.59. The van der Waals surface area contributed by atoms with Gasteiger partial charge in [0.1, 0.15) is 0 Å². The van der Waals surface area contributed by atoms with E-state index in [9.17, 15) is 4.21 Å². The summed E-state index contributed by atoms with van der Waals surface area (Å²) < 4.78 is 11.3. The van der Waals surface area contributed by atoms with E-state index in [4.69, 9.17) is 5.73 Å². The van der Waals surface area contributed by atoms with Gasteiger partial charge >= 0.3 is 0 Å². The minimum absolute atomic E-state index is 0.551. The molecule has 0 aromatic rings. The van der Waals surface area contributed by atoms with Crippen LogP contribution in [0.1, 0.15) is 25.7 Å². The molecular weight excluding hydrogens is 208 g/mol. The van der Waals surface area contributed by atoms with Crippen LogP contribution in [0.2, 0.25) is 0 Å². The Hall–Kier alpha value is 0.0700. The lowest BCUT2D eigenvalue weighted by atomic mass is 9.83. The summed E-state index contributed by atoms with van der Waals surface area (Å²) in [6.07, 6.45) is 5.29. The van der Waals surface area contributed by atoms with Gasteiger partial charge in [0, 0.05) is 41.4 Å². The predicted molar refractivity (Wildman–Crippen MR) is 64.2 cm³/mol. The summed E-state index contributed by atoms with van der Waals surface area (Å²) in [5, 5.41) is 0. The van der Waals surface area contributed by atoms with Crippen molar-refractivity contribution < 1.29 is 4.21 Å². The summed E-state index contributed by atoms with van der Waals surface area (Å²) in [6, 6.07) is 0.682. The number of hydrogen-bond donors (Lipinski definition) is 1. The normalized spacial score (nSPS) is 35.5. The summed E-state index contributed by atoms with van der Waals surface area (Å²) in [6.45, 7) is 2.87. The molecule has 15 heavy (non-hydrogen) atoms. The highest BCUT2D eigenvalue weighted by Crippen LogP contribution is 2.28. The van der Waals surface area contributed by atoms with Crippen molar-refractivity contribution in [1.82, 2.24) is 4.90 Å². The third-order valence-corrected chi connectivity index (χ3v) is 5.13. The zero-order valence-electron chi connectivity index (χ0n) is 9.36. The molecule has 0 aromatic heterocycles.